The van der Waals surface area contributed by atoms with E-state index in [1.54, 1.807) is 0 Å². The number of benzene rings is 1. The number of hydrogen-bond donors (Lipinski definition) is 2. The van der Waals surface area contributed by atoms with Crippen LogP contribution in [-0.2, 0) is 13.0 Å². The molecule has 0 fully saturated rings. The van der Waals surface area contributed by atoms with Gasteiger partial charge < -0.3 is 15.5 Å². The standard InChI is InChI=1S/C16H28N4/c1-5-14-9-7-8-10-15(14)13-19-16(17-3)18-11-12-20(4)6-2/h7-10H,5-6,11-13H2,1-4H3,(H2,17,18,19). The lowest BCUT2D eigenvalue weighted by molar-refractivity contribution is 0.357. The van der Waals surface area contributed by atoms with Crippen LogP contribution in [0.4, 0.5) is 0 Å². The van der Waals surface area contributed by atoms with Gasteiger partial charge in [0.05, 0.1) is 0 Å². The number of likely N-dealkylation sites (N-methyl/N-ethyl adjacent to an activating group) is 1. The second kappa shape index (κ2) is 9.37. The van der Waals surface area contributed by atoms with Crippen molar-refractivity contribution >= 4 is 5.96 Å². The maximum Gasteiger partial charge on any atom is 0.191 e. The molecule has 0 bridgehead atoms. The molecule has 4 heteroatoms. The third-order valence-electron chi connectivity index (χ3n) is 3.49. The molecule has 4 nitrogen and oxygen atoms in total. The van der Waals surface area contributed by atoms with E-state index in [9.17, 15) is 0 Å². The monoisotopic (exact) mass is 276 g/mol. The zero-order valence-corrected chi connectivity index (χ0v) is 13.2. The number of rotatable bonds is 7. The Bertz CT molecular complexity index is 415. The van der Waals surface area contributed by atoms with Crippen LogP contribution >= 0.6 is 0 Å². The lowest BCUT2D eigenvalue weighted by Crippen LogP contribution is -2.40. The van der Waals surface area contributed by atoms with Crippen LogP contribution in [0.3, 0.4) is 0 Å². The van der Waals surface area contributed by atoms with Crippen molar-refractivity contribution in [1.82, 2.24) is 15.5 Å². The molecule has 0 spiro atoms. The molecule has 1 aromatic rings. The van der Waals surface area contributed by atoms with Crippen LogP contribution in [0.25, 0.3) is 0 Å². The van der Waals surface area contributed by atoms with E-state index >= 15 is 0 Å². The van der Waals surface area contributed by atoms with Crippen molar-refractivity contribution in [3.8, 4) is 0 Å². The molecule has 0 aromatic heterocycles. The summed E-state index contributed by atoms with van der Waals surface area (Å²) in [6.07, 6.45) is 1.06. The molecule has 0 saturated heterocycles. The Kier molecular flexibility index (Phi) is 7.73. The quantitative estimate of drug-likeness (QED) is 0.590. The van der Waals surface area contributed by atoms with Crippen molar-refractivity contribution in [3.05, 3.63) is 35.4 Å². The molecule has 0 unspecified atom stereocenters. The lowest BCUT2D eigenvalue weighted by atomic mass is 10.1. The Hall–Kier alpha value is -1.55. The van der Waals surface area contributed by atoms with Crippen molar-refractivity contribution in [1.29, 1.82) is 0 Å². The Morgan fingerprint density at radius 2 is 1.85 bits per heavy atom. The highest BCUT2D eigenvalue weighted by molar-refractivity contribution is 5.79. The van der Waals surface area contributed by atoms with Gasteiger partial charge in [-0.25, -0.2) is 0 Å². The molecule has 1 aromatic carbocycles. The van der Waals surface area contributed by atoms with Gasteiger partial charge in [-0.1, -0.05) is 38.1 Å². The summed E-state index contributed by atoms with van der Waals surface area (Å²) >= 11 is 0. The predicted octanol–water partition coefficient (Wildman–Crippen LogP) is 1.87. The molecular formula is C16H28N4. The van der Waals surface area contributed by atoms with E-state index in [1.807, 2.05) is 7.05 Å². The van der Waals surface area contributed by atoms with Crippen LogP contribution in [-0.4, -0.2) is 44.6 Å². The number of aryl methyl sites for hydroxylation is 1. The third kappa shape index (κ3) is 5.61. The number of aliphatic imine (C=N–C) groups is 1. The highest BCUT2D eigenvalue weighted by atomic mass is 15.2. The van der Waals surface area contributed by atoms with Gasteiger partial charge in [0.15, 0.2) is 5.96 Å². The summed E-state index contributed by atoms with van der Waals surface area (Å²) in [6, 6.07) is 8.53. The molecular weight excluding hydrogens is 248 g/mol. The molecule has 0 heterocycles. The van der Waals surface area contributed by atoms with Crippen molar-refractivity contribution in [3.63, 3.8) is 0 Å². The van der Waals surface area contributed by atoms with Gasteiger partial charge in [-0.05, 0) is 31.1 Å². The zero-order valence-electron chi connectivity index (χ0n) is 13.2. The van der Waals surface area contributed by atoms with Gasteiger partial charge in [-0.3, -0.25) is 4.99 Å². The van der Waals surface area contributed by atoms with Crippen molar-refractivity contribution in [2.75, 3.05) is 33.7 Å². The molecule has 1 rings (SSSR count). The number of nitrogens with zero attached hydrogens (tertiary/aromatic N) is 2. The van der Waals surface area contributed by atoms with Crippen LogP contribution in [0.2, 0.25) is 0 Å². The van der Waals surface area contributed by atoms with Crippen LogP contribution < -0.4 is 10.6 Å². The fraction of sp³-hybridized carbons (Fsp3) is 0.562. The Morgan fingerprint density at radius 3 is 2.45 bits per heavy atom. The molecule has 0 radical (unpaired) electrons. The normalized spacial score (nSPS) is 11.8. The van der Waals surface area contributed by atoms with Gasteiger partial charge in [0.25, 0.3) is 0 Å². The Balaban J connectivity index is 2.41. The van der Waals surface area contributed by atoms with E-state index in [4.69, 9.17) is 0 Å². The second-order valence-corrected chi connectivity index (χ2v) is 4.87. The molecule has 112 valence electrons. The fourth-order valence-electron chi connectivity index (χ4n) is 2.00. The molecule has 2 N–H and O–H groups in total. The molecule has 0 amide bonds. The van der Waals surface area contributed by atoms with Crippen LogP contribution in [0.5, 0.6) is 0 Å². The van der Waals surface area contributed by atoms with Gasteiger partial charge in [0.1, 0.15) is 0 Å². The van der Waals surface area contributed by atoms with Gasteiger partial charge in [0.2, 0.25) is 0 Å². The highest BCUT2D eigenvalue weighted by Gasteiger charge is 2.02. The largest absolute Gasteiger partial charge is 0.355 e. The Labute approximate surface area is 123 Å². The summed E-state index contributed by atoms with van der Waals surface area (Å²) in [5.74, 6) is 0.861. The average molecular weight is 276 g/mol. The Morgan fingerprint density at radius 1 is 1.15 bits per heavy atom. The molecule has 0 saturated carbocycles. The SMILES string of the molecule is CCc1ccccc1CNC(=NC)NCCN(C)CC. The molecule has 0 atom stereocenters. The first-order valence-corrected chi connectivity index (χ1v) is 7.41. The zero-order chi connectivity index (χ0) is 14.8. The first-order valence-electron chi connectivity index (χ1n) is 7.41. The molecule has 0 aliphatic rings. The fourth-order valence-corrected chi connectivity index (χ4v) is 2.00. The summed E-state index contributed by atoms with van der Waals surface area (Å²) in [5, 5.41) is 6.71. The van der Waals surface area contributed by atoms with Gasteiger partial charge in [-0.15, -0.1) is 0 Å². The van der Waals surface area contributed by atoms with Crippen LogP contribution in [0, 0.1) is 0 Å². The topological polar surface area (TPSA) is 39.7 Å². The minimum atomic E-state index is 0.813. The van der Waals surface area contributed by atoms with Gasteiger partial charge in [-0.2, -0.15) is 0 Å². The van der Waals surface area contributed by atoms with Crippen molar-refractivity contribution in [2.24, 2.45) is 4.99 Å². The van der Waals surface area contributed by atoms with E-state index in [2.05, 4.69) is 65.7 Å². The van der Waals surface area contributed by atoms with Crippen LogP contribution in [0.15, 0.2) is 29.3 Å². The summed E-state index contributed by atoms with van der Waals surface area (Å²) < 4.78 is 0. The smallest absolute Gasteiger partial charge is 0.191 e. The van der Waals surface area contributed by atoms with E-state index in [0.29, 0.717) is 0 Å². The van der Waals surface area contributed by atoms with Crippen molar-refractivity contribution in [2.45, 2.75) is 26.8 Å². The molecule has 0 aliphatic carbocycles. The maximum atomic E-state index is 4.26. The lowest BCUT2D eigenvalue weighted by Gasteiger charge is -2.17. The van der Waals surface area contributed by atoms with Crippen LogP contribution in [0.1, 0.15) is 25.0 Å². The van der Waals surface area contributed by atoms with Gasteiger partial charge >= 0.3 is 0 Å². The minimum Gasteiger partial charge on any atom is -0.355 e. The summed E-state index contributed by atoms with van der Waals surface area (Å²) in [4.78, 5) is 6.53. The van der Waals surface area contributed by atoms with E-state index in [1.165, 1.54) is 11.1 Å². The van der Waals surface area contributed by atoms with E-state index in [0.717, 1.165) is 38.6 Å². The van der Waals surface area contributed by atoms with E-state index < -0.39 is 0 Å². The maximum absolute atomic E-state index is 4.26. The second-order valence-electron chi connectivity index (χ2n) is 4.87. The molecule has 20 heavy (non-hydrogen) atoms. The molecule has 0 aliphatic heterocycles. The minimum absolute atomic E-state index is 0.813. The number of hydrogen-bond acceptors (Lipinski definition) is 2. The predicted molar refractivity (Wildman–Crippen MR) is 87.2 cm³/mol. The summed E-state index contributed by atoms with van der Waals surface area (Å²) in [7, 11) is 3.93. The van der Waals surface area contributed by atoms with E-state index in [-0.39, 0.29) is 0 Å². The first kappa shape index (κ1) is 16.5. The number of nitrogens with one attached hydrogen (secondary N) is 2. The number of guanidine groups is 1. The average Bonchev–Trinajstić information content (AvgIpc) is 2.50. The summed E-state index contributed by atoms with van der Waals surface area (Å²) in [6.45, 7) is 8.15. The van der Waals surface area contributed by atoms with Crippen molar-refractivity contribution < 1.29 is 0 Å². The third-order valence-corrected chi connectivity index (χ3v) is 3.49. The summed E-state index contributed by atoms with van der Waals surface area (Å²) in [5.41, 5.74) is 2.73. The first-order chi connectivity index (χ1) is 9.71. The van der Waals surface area contributed by atoms with Gasteiger partial charge in [0, 0.05) is 26.7 Å². The highest BCUT2D eigenvalue weighted by Crippen LogP contribution is 2.08.